The first kappa shape index (κ1) is 13.0. The van der Waals surface area contributed by atoms with Crippen molar-refractivity contribution in [3.63, 3.8) is 0 Å². The monoisotopic (exact) mass is 252 g/mol. The summed E-state index contributed by atoms with van der Waals surface area (Å²) >= 11 is 0. The van der Waals surface area contributed by atoms with Gasteiger partial charge in [-0.05, 0) is 19.8 Å². The summed E-state index contributed by atoms with van der Waals surface area (Å²) in [5.74, 6) is 0.501. The number of ether oxygens (including phenoxy) is 1. The van der Waals surface area contributed by atoms with Gasteiger partial charge in [0.1, 0.15) is 5.82 Å². The first-order valence-electron chi connectivity index (χ1n) is 6.57. The Morgan fingerprint density at radius 2 is 2.22 bits per heavy atom. The molecule has 0 amide bonds. The maximum absolute atomic E-state index is 11.5. The Bertz CT molecular complexity index is 405. The van der Waals surface area contributed by atoms with E-state index >= 15 is 0 Å². The summed E-state index contributed by atoms with van der Waals surface area (Å²) in [5.41, 5.74) is 6.15. The molecular weight excluding hydrogens is 232 g/mol. The van der Waals surface area contributed by atoms with Crippen molar-refractivity contribution in [3.8, 4) is 0 Å². The van der Waals surface area contributed by atoms with Crippen molar-refractivity contribution < 1.29 is 9.53 Å². The normalized spacial score (nSPS) is 24.6. The first-order valence-corrected chi connectivity index (χ1v) is 6.57. The number of nitrogens with two attached hydrogens (primary N) is 1. The third-order valence-electron chi connectivity index (χ3n) is 3.38. The molecule has 0 aromatic carbocycles. The lowest BCUT2D eigenvalue weighted by atomic mass is 9.95. The average Bonchev–Trinajstić information content (AvgIpc) is 2.74. The van der Waals surface area contributed by atoms with Gasteiger partial charge in [0.25, 0.3) is 5.82 Å². The van der Waals surface area contributed by atoms with E-state index in [-0.39, 0.29) is 17.8 Å². The second kappa shape index (κ2) is 5.95. The lowest BCUT2D eigenvalue weighted by molar-refractivity contribution is 0.0512. The van der Waals surface area contributed by atoms with E-state index in [4.69, 9.17) is 10.5 Å². The lowest BCUT2D eigenvalue weighted by Crippen LogP contribution is -2.28. The van der Waals surface area contributed by atoms with Crippen LogP contribution in [-0.4, -0.2) is 33.8 Å². The molecule has 0 saturated heterocycles. The van der Waals surface area contributed by atoms with Gasteiger partial charge in [-0.15, -0.1) is 5.10 Å². The Hall–Kier alpha value is -1.43. The molecule has 1 heterocycles. The van der Waals surface area contributed by atoms with Crippen LogP contribution in [0.1, 0.15) is 61.4 Å². The minimum Gasteiger partial charge on any atom is -0.460 e. The van der Waals surface area contributed by atoms with Crippen LogP contribution in [0, 0.1) is 0 Å². The molecule has 1 fully saturated rings. The minimum atomic E-state index is -0.484. The van der Waals surface area contributed by atoms with Gasteiger partial charge in [-0.1, -0.05) is 19.3 Å². The molecule has 3 N–H and O–H groups in total. The maximum Gasteiger partial charge on any atom is 0.378 e. The summed E-state index contributed by atoms with van der Waals surface area (Å²) in [7, 11) is 0. The summed E-state index contributed by atoms with van der Waals surface area (Å²) in [4.78, 5) is 15.7. The second-order valence-electron chi connectivity index (χ2n) is 4.67. The predicted octanol–water partition coefficient (Wildman–Crippen LogP) is 1.36. The van der Waals surface area contributed by atoms with Crippen molar-refractivity contribution in [2.24, 2.45) is 5.73 Å². The van der Waals surface area contributed by atoms with Crippen molar-refractivity contribution in [2.45, 2.75) is 51.0 Å². The van der Waals surface area contributed by atoms with E-state index in [9.17, 15) is 4.79 Å². The van der Waals surface area contributed by atoms with E-state index in [1.165, 1.54) is 6.42 Å². The number of esters is 1. The predicted molar refractivity (Wildman–Crippen MR) is 66.1 cm³/mol. The van der Waals surface area contributed by atoms with Crippen LogP contribution in [0.25, 0.3) is 0 Å². The number of nitrogens with zero attached hydrogens (tertiary/aromatic N) is 2. The number of carbonyl (C=O) groups is 1. The number of carbonyl (C=O) groups excluding carboxylic acids is 1. The molecule has 0 bridgehead atoms. The number of hydrogen-bond acceptors (Lipinski definition) is 5. The Balaban J connectivity index is 2.10. The molecule has 1 aliphatic rings. The molecule has 0 spiro atoms. The molecular formula is C12H20N4O2. The van der Waals surface area contributed by atoms with Crippen molar-refractivity contribution in [3.05, 3.63) is 11.6 Å². The highest BCUT2D eigenvalue weighted by Crippen LogP contribution is 2.28. The van der Waals surface area contributed by atoms with Gasteiger partial charge < -0.3 is 10.5 Å². The van der Waals surface area contributed by atoms with Crippen LogP contribution in [0.15, 0.2) is 0 Å². The van der Waals surface area contributed by atoms with Gasteiger partial charge in [0.05, 0.1) is 6.61 Å². The SMILES string of the molecule is CCOC(=O)c1n[nH]c(C2CCCCCC2N)n1. The molecule has 1 aromatic heterocycles. The topological polar surface area (TPSA) is 93.9 Å². The molecule has 2 atom stereocenters. The standard InChI is InChI=1S/C12H20N4O2/c1-2-18-12(17)11-14-10(15-16-11)8-6-4-3-5-7-9(8)13/h8-9H,2-7,13H2,1H3,(H,14,15,16). The summed E-state index contributed by atoms with van der Waals surface area (Å²) in [6.45, 7) is 2.08. The molecule has 18 heavy (non-hydrogen) atoms. The van der Waals surface area contributed by atoms with E-state index in [1.807, 2.05) is 0 Å². The highest BCUT2D eigenvalue weighted by molar-refractivity contribution is 5.84. The molecule has 6 heteroatoms. The Morgan fingerprint density at radius 3 is 3.00 bits per heavy atom. The zero-order valence-corrected chi connectivity index (χ0v) is 10.7. The number of hydrogen-bond donors (Lipinski definition) is 2. The molecule has 2 unspecified atom stereocenters. The van der Waals surface area contributed by atoms with E-state index in [0.717, 1.165) is 25.7 Å². The van der Waals surface area contributed by atoms with E-state index in [1.54, 1.807) is 6.92 Å². The smallest absolute Gasteiger partial charge is 0.378 e. The van der Waals surface area contributed by atoms with Crippen molar-refractivity contribution >= 4 is 5.97 Å². The zero-order chi connectivity index (χ0) is 13.0. The zero-order valence-electron chi connectivity index (χ0n) is 10.7. The van der Waals surface area contributed by atoms with E-state index < -0.39 is 5.97 Å². The Morgan fingerprint density at radius 1 is 1.44 bits per heavy atom. The molecule has 1 aromatic rings. The van der Waals surface area contributed by atoms with Crippen LogP contribution in [0.4, 0.5) is 0 Å². The number of H-pyrrole nitrogens is 1. The molecule has 1 saturated carbocycles. The van der Waals surface area contributed by atoms with Crippen molar-refractivity contribution in [2.75, 3.05) is 6.61 Å². The minimum absolute atomic E-state index is 0.0931. The fourth-order valence-electron chi connectivity index (χ4n) is 2.40. The van der Waals surface area contributed by atoms with Crippen LogP contribution >= 0.6 is 0 Å². The van der Waals surface area contributed by atoms with E-state index in [2.05, 4.69) is 15.2 Å². The quantitative estimate of drug-likeness (QED) is 0.625. The fraction of sp³-hybridized carbons (Fsp3) is 0.750. The second-order valence-corrected chi connectivity index (χ2v) is 4.67. The van der Waals surface area contributed by atoms with Crippen LogP contribution in [-0.2, 0) is 4.74 Å². The number of nitrogens with one attached hydrogen (secondary N) is 1. The highest BCUT2D eigenvalue weighted by Gasteiger charge is 2.26. The highest BCUT2D eigenvalue weighted by atomic mass is 16.5. The summed E-state index contributed by atoms with van der Waals surface area (Å²) < 4.78 is 4.86. The van der Waals surface area contributed by atoms with Gasteiger partial charge in [0, 0.05) is 12.0 Å². The number of aromatic nitrogens is 3. The summed E-state index contributed by atoms with van der Waals surface area (Å²) in [6.07, 6.45) is 5.52. The van der Waals surface area contributed by atoms with Gasteiger partial charge in [-0.25, -0.2) is 9.78 Å². The van der Waals surface area contributed by atoms with Crippen LogP contribution in [0.2, 0.25) is 0 Å². The lowest BCUT2D eigenvalue weighted by Gasteiger charge is -2.18. The van der Waals surface area contributed by atoms with Crippen molar-refractivity contribution in [1.29, 1.82) is 0 Å². The third-order valence-corrected chi connectivity index (χ3v) is 3.38. The third kappa shape index (κ3) is 2.87. The first-order chi connectivity index (χ1) is 8.72. The molecule has 1 aliphatic carbocycles. The van der Waals surface area contributed by atoms with Gasteiger partial charge >= 0.3 is 5.97 Å². The Kier molecular flexibility index (Phi) is 4.30. The Labute approximate surface area is 106 Å². The summed E-state index contributed by atoms with van der Waals surface area (Å²) in [6, 6.07) is 0.0931. The molecule has 6 nitrogen and oxygen atoms in total. The summed E-state index contributed by atoms with van der Waals surface area (Å²) in [5, 5.41) is 6.74. The fourth-order valence-corrected chi connectivity index (χ4v) is 2.40. The largest absolute Gasteiger partial charge is 0.460 e. The van der Waals surface area contributed by atoms with Gasteiger partial charge in [-0.3, -0.25) is 5.10 Å². The van der Waals surface area contributed by atoms with Gasteiger partial charge in [-0.2, -0.15) is 0 Å². The average molecular weight is 252 g/mol. The van der Waals surface area contributed by atoms with Gasteiger partial charge in [0.15, 0.2) is 0 Å². The molecule has 0 radical (unpaired) electrons. The van der Waals surface area contributed by atoms with Crippen molar-refractivity contribution in [1.82, 2.24) is 15.2 Å². The van der Waals surface area contributed by atoms with Gasteiger partial charge in [0.2, 0.25) is 0 Å². The molecule has 2 rings (SSSR count). The molecule has 0 aliphatic heterocycles. The maximum atomic E-state index is 11.5. The van der Waals surface area contributed by atoms with E-state index in [0.29, 0.717) is 12.4 Å². The van der Waals surface area contributed by atoms with Crippen LogP contribution in [0.5, 0.6) is 0 Å². The van der Waals surface area contributed by atoms with Crippen LogP contribution < -0.4 is 5.73 Å². The number of aromatic amines is 1. The van der Waals surface area contributed by atoms with Crippen LogP contribution in [0.3, 0.4) is 0 Å². The number of rotatable bonds is 3. The molecule has 100 valence electrons.